The average Bonchev–Trinajstić information content (AvgIpc) is 3.29. The van der Waals surface area contributed by atoms with E-state index in [4.69, 9.17) is 4.74 Å². The second-order valence-corrected chi connectivity index (χ2v) is 12.0. The highest BCUT2D eigenvalue weighted by Crippen LogP contribution is 2.45. The minimum absolute atomic E-state index is 0.120. The number of aromatic nitrogens is 1. The van der Waals surface area contributed by atoms with Crippen LogP contribution < -0.4 is 9.46 Å². The van der Waals surface area contributed by atoms with Crippen molar-refractivity contribution in [3.63, 3.8) is 0 Å². The molecule has 2 aliphatic rings. The van der Waals surface area contributed by atoms with E-state index in [9.17, 15) is 18.5 Å². The number of sulfonamides is 1. The van der Waals surface area contributed by atoms with Gasteiger partial charge < -0.3 is 9.64 Å². The molecule has 1 amide bonds. The number of nitrogens with zero attached hydrogens (tertiary/aromatic N) is 3. The fourth-order valence-corrected chi connectivity index (χ4v) is 6.40. The van der Waals surface area contributed by atoms with Gasteiger partial charge in [-0.3, -0.25) is 9.36 Å². The first-order valence-electron chi connectivity index (χ1n) is 11.9. The van der Waals surface area contributed by atoms with Crippen LogP contribution in [0.2, 0.25) is 0 Å². The van der Waals surface area contributed by atoms with Gasteiger partial charge in [0.1, 0.15) is 17.5 Å². The molecule has 0 atom stereocenters. The van der Waals surface area contributed by atoms with E-state index >= 15 is 0 Å². The summed E-state index contributed by atoms with van der Waals surface area (Å²) in [7, 11) is -3.67. The molecule has 186 valence electrons. The van der Waals surface area contributed by atoms with Crippen LogP contribution in [0.15, 0.2) is 65.6 Å². The van der Waals surface area contributed by atoms with Gasteiger partial charge in [-0.2, -0.15) is 5.26 Å². The number of nitriles is 1. The zero-order valence-electron chi connectivity index (χ0n) is 20.5. The number of benzene rings is 2. The van der Waals surface area contributed by atoms with Gasteiger partial charge in [-0.15, -0.1) is 0 Å². The Bertz CT molecular complexity index is 1470. The van der Waals surface area contributed by atoms with Crippen LogP contribution in [0.5, 0.6) is 5.75 Å². The Morgan fingerprint density at radius 3 is 2.33 bits per heavy atom. The number of fused-ring (bicyclic) bond motifs is 4. The minimum atomic E-state index is -3.67. The van der Waals surface area contributed by atoms with Crippen LogP contribution in [0, 0.1) is 11.3 Å². The summed E-state index contributed by atoms with van der Waals surface area (Å²) in [5.41, 5.74) is 1.52. The molecule has 0 radical (unpaired) electrons. The largest absolute Gasteiger partial charge is 0.479 e. The van der Waals surface area contributed by atoms with Crippen molar-refractivity contribution >= 4 is 15.9 Å². The lowest BCUT2D eigenvalue weighted by Crippen LogP contribution is -2.50. The predicted octanol–water partition coefficient (Wildman–Crippen LogP) is 3.95. The molecule has 3 heterocycles. The molecule has 1 saturated heterocycles. The van der Waals surface area contributed by atoms with Crippen molar-refractivity contribution < 1.29 is 17.9 Å². The van der Waals surface area contributed by atoms with Gasteiger partial charge in [0.05, 0.1) is 16.3 Å². The van der Waals surface area contributed by atoms with Crippen LogP contribution >= 0.6 is 0 Å². The number of nitrogens with one attached hydrogen (secondary N) is 1. The first kappa shape index (κ1) is 24.1. The number of carbonyl (C=O) groups excluding carboxylic acids is 1. The van der Waals surface area contributed by atoms with Crippen molar-refractivity contribution in [2.24, 2.45) is 0 Å². The lowest BCUT2D eigenvalue weighted by molar-refractivity contribution is -0.00937. The average molecular weight is 505 g/mol. The second-order valence-electron chi connectivity index (χ2n) is 10.3. The molecule has 2 aliphatic heterocycles. The molecule has 3 aromatic rings. The van der Waals surface area contributed by atoms with Crippen molar-refractivity contribution in [1.29, 1.82) is 5.26 Å². The first-order chi connectivity index (χ1) is 17.0. The summed E-state index contributed by atoms with van der Waals surface area (Å²) in [6.45, 7) is 6.27. The van der Waals surface area contributed by atoms with Crippen molar-refractivity contribution in [2.75, 3.05) is 13.1 Å². The van der Waals surface area contributed by atoms with E-state index in [1.165, 1.54) is 12.1 Å². The van der Waals surface area contributed by atoms with Crippen molar-refractivity contribution in [3.05, 3.63) is 77.6 Å². The Balaban J connectivity index is 1.34. The smallest absolute Gasteiger partial charge is 0.253 e. The van der Waals surface area contributed by atoms with E-state index in [0.717, 1.165) is 17.1 Å². The Hall–Kier alpha value is -3.61. The van der Waals surface area contributed by atoms with E-state index in [1.807, 2.05) is 41.0 Å². The molecule has 5 rings (SSSR count). The highest BCUT2D eigenvalue weighted by molar-refractivity contribution is 7.89. The Morgan fingerprint density at radius 1 is 1.03 bits per heavy atom. The molecule has 36 heavy (non-hydrogen) atoms. The molecule has 0 unspecified atom stereocenters. The van der Waals surface area contributed by atoms with Gasteiger partial charge in [0.25, 0.3) is 5.91 Å². The lowest BCUT2D eigenvalue weighted by atomic mass is 9.86. The van der Waals surface area contributed by atoms with Gasteiger partial charge in [-0.05, 0) is 69.3 Å². The van der Waals surface area contributed by atoms with Crippen LogP contribution in [-0.4, -0.2) is 42.4 Å². The molecule has 1 fully saturated rings. The maximum atomic E-state index is 13.2. The summed E-state index contributed by atoms with van der Waals surface area (Å²) in [6, 6.07) is 19.7. The van der Waals surface area contributed by atoms with Crippen LogP contribution in [0.1, 0.15) is 55.4 Å². The monoisotopic (exact) mass is 504 g/mol. The number of amides is 1. The Kier molecular flexibility index (Phi) is 5.69. The lowest BCUT2D eigenvalue weighted by Gasteiger charge is -2.45. The van der Waals surface area contributed by atoms with E-state index in [0.29, 0.717) is 37.2 Å². The number of piperidine rings is 1. The van der Waals surface area contributed by atoms with Crippen molar-refractivity contribution in [1.82, 2.24) is 14.2 Å². The first-order valence-corrected chi connectivity index (χ1v) is 13.4. The predicted molar refractivity (Wildman–Crippen MR) is 134 cm³/mol. The van der Waals surface area contributed by atoms with E-state index < -0.39 is 21.2 Å². The summed E-state index contributed by atoms with van der Waals surface area (Å²) in [5, 5.41) is 9.65. The summed E-state index contributed by atoms with van der Waals surface area (Å²) < 4.78 is 36.3. The van der Waals surface area contributed by atoms with Gasteiger partial charge >= 0.3 is 0 Å². The number of ether oxygens (including phenoxy) is 1. The van der Waals surface area contributed by atoms with Crippen LogP contribution in [0.3, 0.4) is 0 Å². The Morgan fingerprint density at radius 2 is 1.69 bits per heavy atom. The number of hydrogen-bond donors (Lipinski definition) is 1. The van der Waals surface area contributed by atoms with Gasteiger partial charge in [0, 0.05) is 37.0 Å². The quantitative estimate of drug-likeness (QED) is 0.582. The van der Waals surface area contributed by atoms with Crippen LogP contribution in [0.4, 0.5) is 0 Å². The summed E-state index contributed by atoms with van der Waals surface area (Å²) in [5.74, 6) is 0.569. The summed E-state index contributed by atoms with van der Waals surface area (Å²) in [4.78, 5) is 15.1. The number of hydrogen-bond acceptors (Lipinski definition) is 5. The molecule has 1 aromatic heterocycles. The fraction of sp³-hybridized carbons (Fsp3) is 0.333. The summed E-state index contributed by atoms with van der Waals surface area (Å²) in [6.07, 6.45) is 1.15. The summed E-state index contributed by atoms with van der Waals surface area (Å²) >= 11 is 0. The number of para-hydroxylation sites is 2. The fourth-order valence-electron chi connectivity index (χ4n) is 4.98. The third-order valence-electron chi connectivity index (χ3n) is 6.58. The molecule has 1 spiro atoms. The Labute approximate surface area is 211 Å². The molecule has 9 heteroatoms. The highest BCUT2D eigenvalue weighted by atomic mass is 32.2. The third-order valence-corrected chi connectivity index (χ3v) is 8.36. The van der Waals surface area contributed by atoms with Crippen molar-refractivity contribution in [3.8, 4) is 17.5 Å². The molecule has 0 aliphatic carbocycles. The minimum Gasteiger partial charge on any atom is -0.479 e. The molecule has 8 nitrogen and oxygen atoms in total. The molecule has 0 saturated carbocycles. The highest BCUT2D eigenvalue weighted by Gasteiger charge is 2.45. The van der Waals surface area contributed by atoms with Crippen LogP contribution in [0.25, 0.3) is 5.69 Å². The number of carbonyl (C=O) groups is 1. The molecule has 2 aromatic carbocycles. The van der Waals surface area contributed by atoms with Crippen LogP contribution in [-0.2, 0) is 15.6 Å². The number of likely N-dealkylation sites (tertiary alicyclic amines) is 1. The topological polar surface area (TPSA) is 104 Å². The van der Waals surface area contributed by atoms with Gasteiger partial charge in [0.2, 0.25) is 10.0 Å². The zero-order chi connectivity index (χ0) is 25.7. The van der Waals surface area contributed by atoms with E-state index in [1.54, 1.807) is 37.8 Å². The SMILES string of the molecule is CC(C)(C)NS(=O)(=O)c1ccc(C(=O)N2CCC3(CC2)Oc2ccccc2-n2c(C#N)ccc23)cc1. The van der Waals surface area contributed by atoms with E-state index in [-0.39, 0.29) is 10.8 Å². The molecule has 1 N–H and O–H groups in total. The van der Waals surface area contributed by atoms with Gasteiger partial charge in [-0.1, -0.05) is 12.1 Å². The number of rotatable bonds is 3. The molecule has 0 bridgehead atoms. The molecular weight excluding hydrogens is 476 g/mol. The van der Waals surface area contributed by atoms with E-state index in [2.05, 4.69) is 10.8 Å². The normalized spacial score (nSPS) is 16.6. The van der Waals surface area contributed by atoms with Gasteiger partial charge in [0.15, 0.2) is 5.60 Å². The second kappa shape index (κ2) is 8.50. The zero-order valence-corrected chi connectivity index (χ0v) is 21.3. The van der Waals surface area contributed by atoms with Gasteiger partial charge in [-0.25, -0.2) is 13.1 Å². The van der Waals surface area contributed by atoms with Crippen molar-refractivity contribution in [2.45, 2.75) is 49.6 Å². The third kappa shape index (κ3) is 4.16. The maximum Gasteiger partial charge on any atom is 0.253 e. The standard InChI is InChI=1S/C27H28N4O4S/c1-26(2,3)29-36(33,34)21-11-8-19(9-12-21)25(32)30-16-14-27(15-17-30)24-13-10-20(18-28)31(24)22-6-4-5-7-23(22)35-27/h4-13,29H,14-17H2,1-3H3. The molecular formula is C27H28N4O4S. The maximum absolute atomic E-state index is 13.2.